The first-order valence-electron chi connectivity index (χ1n) is 7.74. The largest absolute Gasteiger partial charge is 0.496 e. The maximum atomic E-state index is 12.1. The van der Waals surface area contributed by atoms with Gasteiger partial charge in [0.25, 0.3) is 5.91 Å². The molecule has 7 heteroatoms. The Labute approximate surface area is 150 Å². The molecular formula is C18H20N2O4S. The number of ether oxygens (including phenoxy) is 1. The zero-order valence-electron chi connectivity index (χ0n) is 14.1. The average molecular weight is 360 g/mol. The van der Waals surface area contributed by atoms with E-state index in [0.29, 0.717) is 12.1 Å². The molecule has 0 aliphatic heterocycles. The smallest absolute Gasteiger partial charge is 0.354 e. The Hall–Kier alpha value is -2.54. The molecule has 25 heavy (non-hydrogen) atoms. The summed E-state index contributed by atoms with van der Waals surface area (Å²) in [6.07, 6.45) is 1.27. The highest BCUT2D eigenvalue weighted by molar-refractivity contribution is 7.99. The molecule has 0 fully saturated rings. The molecule has 2 aromatic rings. The van der Waals surface area contributed by atoms with E-state index in [0.717, 1.165) is 16.4 Å². The van der Waals surface area contributed by atoms with Crippen LogP contribution in [0, 0.1) is 5.92 Å². The Balaban J connectivity index is 1.81. The molecule has 0 saturated heterocycles. The van der Waals surface area contributed by atoms with Crippen molar-refractivity contribution in [3.8, 4) is 5.75 Å². The van der Waals surface area contributed by atoms with Crippen molar-refractivity contribution in [1.29, 1.82) is 0 Å². The van der Waals surface area contributed by atoms with Crippen LogP contribution in [-0.2, 0) is 0 Å². The highest BCUT2D eigenvalue weighted by atomic mass is 32.2. The molecule has 0 saturated carbocycles. The number of aromatic carboxylic acids is 1. The summed E-state index contributed by atoms with van der Waals surface area (Å²) in [5.41, 5.74) is 0.257. The van der Waals surface area contributed by atoms with Crippen LogP contribution in [0.4, 0.5) is 0 Å². The van der Waals surface area contributed by atoms with Gasteiger partial charge in [-0.2, -0.15) is 0 Å². The number of nitrogens with one attached hydrogen (secondary N) is 1. The van der Waals surface area contributed by atoms with Gasteiger partial charge >= 0.3 is 5.97 Å². The third kappa shape index (κ3) is 5.49. The molecule has 1 amide bonds. The lowest BCUT2D eigenvalue weighted by atomic mass is 10.2. The van der Waals surface area contributed by atoms with Crippen LogP contribution in [0.15, 0.2) is 47.5 Å². The fourth-order valence-electron chi connectivity index (χ4n) is 2.05. The second-order valence-corrected chi connectivity index (χ2v) is 6.58. The van der Waals surface area contributed by atoms with E-state index in [1.807, 2.05) is 24.3 Å². The lowest BCUT2D eigenvalue weighted by molar-refractivity contribution is 0.0689. The fourth-order valence-corrected chi connectivity index (χ4v) is 3.10. The topological polar surface area (TPSA) is 88.5 Å². The molecule has 1 atom stereocenters. The quantitative estimate of drug-likeness (QED) is 0.704. The van der Waals surface area contributed by atoms with Crippen molar-refractivity contribution >= 4 is 23.6 Å². The van der Waals surface area contributed by atoms with Crippen LogP contribution in [0.1, 0.15) is 27.8 Å². The molecule has 6 nitrogen and oxygen atoms in total. The molecule has 2 N–H and O–H groups in total. The van der Waals surface area contributed by atoms with Crippen LogP contribution >= 0.6 is 11.8 Å². The minimum absolute atomic E-state index is 0.0851. The minimum Gasteiger partial charge on any atom is -0.496 e. The third-order valence-corrected chi connectivity index (χ3v) is 4.83. The number of para-hydroxylation sites is 1. The number of nitrogens with zero attached hydrogens (tertiary/aromatic N) is 1. The van der Waals surface area contributed by atoms with Gasteiger partial charge in [0.2, 0.25) is 0 Å². The van der Waals surface area contributed by atoms with Gasteiger partial charge in [0.1, 0.15) is 11.4 Å². The zero-order valence-corrected chi connectivity index (χ0v) is 14.9. The number of carbonyl (C=O) groups is 2. The number of carbonyl (C=O) groups excluding carboxylic acids is 1. The molecule has 0 aliphatic carbocycles. The number of thioether (sulfide) groups is 1. The van der Waals surface area contributed by atoms with Crippen molar-refractivity contribution in [3.63, 3.8) is 0 Å². The first-order valence-corrected chi connectivity index (χ1v) is 8.73. The number of amides is 1. The molecule has 2 rings (SSSR count). The number of hydrogen-bond acceptors (Lipinski definition) is 5. The van der Waals surface area contributed by atoms with E-state index >= 15 is 0 Å². The monoisotopic (exact) mass is 360 g/mol. The molecule has 0 bridgehead atoms. The Morgan fingerprint density at radius 1 is 1.28 bits per heavy atom. The minimum atomic E-state index is -1.12. The van der Waals surface area contributed by atoms with Crippen molar-refractivity contribution in [3.05, 3.63) is 53.9 Å². The van der Waals surface area contributed by atoms with E-state index in [4.69, 9.17) is 9.84 Å². The highest BCUT2D eigenvalue weighted by Crippen LogP contribution is 2.29. The summed E-state index contributed by atoms with van der Waals surface area (Å²) in [5, 5.41) is 11.6. The van der Waals surface area contributed by atoms with Crippen LogP contribution in [0.3, 0.4) is 0 Å². The number of carboxylic acid groups (broad SMARTS) is 1. The highest BCUT2D eigenvalue weighted by Gasteiger charge is 2.11. The molecule has 1 aromatic heterocycles. The van der Waals surface area contributed by atoms with Crippen LogP contribution in [0.2, 0.25) is 0 Å². The van der Waals surface area contributed by atoms with Gasteiger partial charge in [-0.25, -0.2) is 9.78 Å². The normalized spacial score (nSPS) is 11.6. The van der Waals surface area contributed by atoms with E-state index in [1.165, 1.54) is 18.3 Å². The standard InChI is InChI=1S/C18H20N2O4S/c1-12(11-25-16-6-4-3-5-15(16)24-2)9-20-17(21)13-7-8-14(18(22)23)19-10-13/h3-8,10,12H,9,11H2,1-2H3,(H,20,21)(H,22,23). The summed E-state index contributed by atoms with van der Waals surface area (Å²) in [7, 11) is 1.65. The summed E-state index contributed by atoms with van der Waals surface area (Å²) < 4.78 is 5.32. The fraction of sp³-hybridized carbons (Fsp3) is 0.278. The maximum absolute atomic E-state index is 12.1. The van der Waals surface area contributed by atoms with E-state index in [9.17, 15) is 9.59 Å². The number of methoxy groups -OCH3 is 1. The van der Waals surface area contributed by atoms with Gasteiger partial charge in [-0.3, -0.25) is 4.79 Å². The van der Waals surface area contributed by atoms with E-state index in [2.05, 4.69) is 17.2 Å². The van der Waals surface area contributed by atoms with Crippen molar-refractivity contribution in [2.45, 2.75) is 11.8 Å². The number of pyridine rings is 1. The SMILES string of the molecule is COc1ccccc1SCC(C)CNC(=O)c1ccc(C(=O)O)nc1. The molecule has 1 aromatic carbocycles. The summed E-state index contributed by atoms with van der Waals surface area (Å²) >= 11 is 1.68. The first kappa shape index (κ1) is 18.8. The van der Waals surface area contributed by atoms with Crippen molar-refractivity contribution in [2.75, 3.05) is 19.4 Å². The maximum Gasteiger partial charge on any atom is 0.354 e. The number of aromatic nitrogens is 1. The zero-order chi connectivity index (χ0) is 18.2. The van der Waals surface area contributed by atoms with Gasteiger partial charge in [0.05, 0.1) is 12.7 Å². The number of rotatable bonds is 8. The lowest BCUT2D eigenvalue weighted by Gasteiger charge is -2.13. The van der Waals surface area contributed by atoms with Gasteiger partial charge in [0, 0.05) is 23.4 Å². The molecule has 1 unspecified atom stereocenters. The molecule has 132 valence electrons. The first-order chi connectivity index (χ1) is 12.0. The van der Waals surface area contributed by atoms with Gasteiger partial charge in [-0.1, -0.05) is 19.1 Å². The van der Waals surface area contributed by atoms with Crippen LogP contribution in [0.25, 0.3) is 0 Å². The molecule has 1 heterocycles. The third-order valence-electron chi connectivity index (χ3n) is 3.45. The van der Waals surface area contributed by atoms with Gasteiger partial charge < -0.3 is 15.2 Å². The summed E-state index contributed by atoms with van der Waals surface area (Å²) in [5.74, 6) is 0.544. The Morgan fingerprint density at radius 3 is 2.68 bits per heavy atom. The summed E-state index contributed by atoms with van der Waals surface area (Å²) in [6.45, 7) is 2.57. The predicted octanol–water partition coefficient (Wildman–Crippen LogP) is 2.95. The van der Waals surface area contributed by atoms with Crippen LogP contribution in [0.5, 0.6) is 5.75 Å². The average Bonchev–Trinajstić information content (AvgIpc) is 2.64. The van der Waals surface area contributed by atoms with Crippen molar-refractivity contribution < 1.29 is 19.4 Å². The summed E-state index contributed by atoms with van der Waals surface area (Å²) in [4.78, 5) is 27.6. The van der Waals surface area contributed by atoms with Gasteiger partial charge in [-0.05, 0) is 30.2 Å². The van der Waals surface area contributed by atoms with Gasteiger partial charge in [0.15, 0.2) is 0 Å². The number of hydrogen-bond donors (Lipinski definition) is 2. The number of carboxylic acids is 1. The van der Waals surface area contributed by atoms with Crippen molar-refractivity contribution in [2.24, 2.45) is 5.92 Å². The molecule has 0 spiro atoms. The lowest BCUT2D eigenvalue weighted by Crippen LogP contribution is -2.29. The van der Waals surface area contributed by atoms with E-state index < -0.39 is 5.97 Å². The Bertz CT molecular complexity index is 734. The second-order valence-electron chi connectivity index (χ2n) is 5.51. The second kappa shape index (κ2) is 9.08. The van der Waals surface area contributed by atoms with Crippen molar-refractivity contribution in [1.82, 2.24) is 10.3 Å². The molecule has 0 radical (unpaired) electrons. The van der Waals surface area contributed by atoms with E-state index in [1.54, 1.807) is 18.9 Å². The van der Waals surface area contributed by atoms with E-state index in [-0.39, 0.29) is 17.5 Å². The molecule has 0 aliphatic rings. The predicted molar refractivity (Wildman–Crippen MR) is 96.4 cm³/mol. The van der Waals surface area contributed by atoms with Crippen LogP contribution < -0.4 is 10.1 Å². The van der Waals surface area contributed by atoms with Gasteiger partial charge in [-0.15, -0.1) is 11.8 Å². The molecular weight excluding hydrogens is 340 g/mol. The summed E-state index contributed by atoms with van der Waals surface area (Å²) in [6, 6.07) is 10.6. The Morgan fingerprint density at radius 2 is 2.04 bits per heavy atom. The number of benzene rings is 1. The Kier molecular flexibility index (Phi) is 6.82. The van der Waals surface area contributed by atoms with Crippen LogP contribution in [-0.4, -0.2) is 41.4 Å².